The Morgan fingerprint density at radius 3 is 2.46 bits per heavy atom. The molecule has 0 fully saturated rings. The Balaban J connectivity index is 3.36. The minimum atomic E-state index is -0.297. The van der Waals surface area contributed by atoms with Gasteiger partial charge in [-0.05, 0) is 18.2 Å². The highest BCUT2D eigenvalue weighted by Crippen LogP contribution is 2.30. The van der Waals surface area contributed by atoms with Gasteiger partial charge in [-0.1, -0.05) is 41.4 Å². The minimum absolute atomic E-state index is 0.205. The Hall–Kier alpha value is -0.500. The summed E-state index contributed by atoms with van der Waals surface area (Å²) in [6.07, 6.45) is 1.16. The van der Waals surface area contributed by atoms with Crippen molar-refractivity contribution in [3.63, 3.8) is 0 Å². The van der Waals surface area contributed by atoms with Crippen molar-refractivity contribution in [2.75, 3.05) is 0 Å². The van der Waals surface area contributed by atoms with Crippen molar-refractivity contribution < 1.29 is 4.79 Å². The van der Waals surface area contributed by atoms with Gasteiger partial charge in [0.05, 0.1) is 10.0 Å². The lowest BCUT2D eigenvalue weighted by atomic mass is 10.1. The second-order valence-electron chi connectivity index (χ2n) is 2.32. The molecule has 0 unspecified atom stereocenters. The van der Waals surface area contributed by atoms with Gasteiger partial charge < -0.3 is 0 Å². The van der Waals surface area contributed by atoms with Crippen LogP contribution >= 0.6 is 34.8 Å². The topological polar surface area (TPSA) is 17.1 Å². The van der Waals surface area contributed by atoms with Crippen LogP contribution in [0.1, 0.15) is 10.4 Å². The summed E-state index contributed by atoms with van der Waals surface area (Å²) in [7, 11) is 0. The Labute approximate surface area is 90.9 Å². The molecule has 0 N–H and O–H groups in total. The van der Waals surface area contributed by atoms with E-state index >= 15 is 0 Å². The highest BCUT2D eigenvalue weighted by atomic mass is 35.5. The van der Waals surface area contributed by atoms with E-state index in [1.165, 1.54) is 12.1 Å². The third-order valence-electron chi connectivity index (χ3n) is 1.44. The molecule has 68 valence electrons. The smallest absolute Gasteiger partial charge is 0.186 e. The summed E-state index contributed by atoms with van der Waals surface area (Å²) >= 11 is 17.2. The van der Waals surface area contributed by atoms with Crippen LogP contribution in [-0.4, -0.2) is 5.78 Å². The number of carbonyl (C=O) groups excluding carboxylic acids is 1. The van der Waals surface area contributed by atoms with Crippen molar-refractivity contribution >= 4 is 40.6 Å². The summed E-state index contributed by atoms with van der Waals surface area (Å²) in [6, 6.07) is 2.94. The molecule has 0 aliphatic rings. The molecule has 1 aromatic carbocycles. The molecule has 13 heavy (non-hydrogen) atoms. The molecule has 0 saturated carbocycles. The van der Waals surface area contributed by atoms with Crippen molar-refractivity contribution in [1.82, 2.24) is 0 Å². The first-order valence-corrected chi connectivity index (χ1v) is 4.51. The maximum Gasteiger partial charge on any atom is 0.186 e. The zero-order valence-corrected chi connectivity index (χ0v) is 8.75. The number of hydrogen-bond donors (Lipinski definition) is 0. The van der Waals surface area contributed by atoms with Crippen molar-refractivity contribution in [3.8, 4) is 0 Å². The van der Waals surface area contributed by atoms with Gasteiger partial charge >= 0.3 is 0 Å². The van der Waals surface area contributed by atoms with Crippen LogP contribution in [0.15, 0.2) is 24.8 Å². The molecule has 0 radical (unpaired) electrons. The average Bonchev–Trinajstić information content (AvgIpc) is 2.10. The Morgan fingerprint density at radius 2 is 1.92 bits per heavy atom. The summed E-state index contributed by atoms with van der Waals surface area (Å²) in [6.45, 7) is 3.34. The highest BCUT2D eigenvalue weighted by Gasteiger charge is 2.11. The molecule has 0 aliphatic carbocycles. The van der Waals surface area contributed by atoms with Crippen LogP contribution in [0.4, 0.5) is 0 Å². The molecule has 0 saturated heterocycles. The molecule has 0 atom stereocenters. The van der Waals surface area contributed by atoms with Crippen molar-refractivity contribution in [1.29, 1.82) is 0 Å². The molecule has 0 bridgehead atoms. The van der Waals surface area contributed by atoms with E-state index in [4.69, 9.17) is 34.8 Å². The van der Waals surface area contributed by atoms with Crippen molar-refractivity contribution in [2.24, 2.45) is 0 Å². The first kappa shape index (κ1) is 10.6. The molecule has 0 amide bonds. The van der Waals surface area contributed by atoms with Gasteiger partial charge in [0.25, 0.3) is 0 Å². The maximum atomic E-state index is 11.2. The van der Waals surface area contributed by atoms with Gasteiger partial charge in [0.1, 0.15) is 0 Å². The normalized spacial score (nSPS) is 9.77. The lowest BCUT2D eigenvalue weighted by Crippen LogP contribution is -1.95. The summed E-state index contributed by atoms with van der Waals surface area (Å²) in [5.74, 6) is -0.297. The van der Waals surface area contributed by atoms with E-state index in [1.807, 2.05) is 0 Å². The van der Waals surface area contributed by atoms with Crippen LogP contribution in [0.5, 0.6) is 0 Å². The van der Waals surface area contributed by atoms with Gasteiger partial charge in [-0.3, -0.25) is 4.79 Å². The van der Waals surface area contributed by atoms with Gasteiger partial charge in [-0.25, -0.2) is 0 Å². The molecule has 1 aromatic rings. The number of allylic oxidation sites excluding steroid dienone is 1. The molecule has 0 spiro atoms. The van der Waals surface area contributed by atoms with E-state index in [1.54, 1.807) is 0 Å². The zero-order valence-electron chi connectivity index (χ0n) is 6.48. The van der Waals surface area contributed by atoms with Crippen LogP contribution in [0.3, 0.4) is 0 Å². The summed E-state index contributed by atoms with van der Waals surface area (Å²) in [5, 5.41) is 0.843. The average molecular weight is 235 g/mol. The van der Waals surface area contributed by atoms with E-state index in [9.17, 15) is 4.79 Å². The van der Waals surface area contributed by atoms with E-state index in [2.05, 4.69) is 6.58 Å². The first-order valence-electron chi connectivity index (χ1n) is 3.37. The predicted molar refractivity (Wildman–Crippen MR) is 56.0 cm³/mol. The number of hydrogen-bond acceptors (Lipinski definition) is 1. The molecule has 0 aliphatic heterocycles. The number of rotatable bonds is 2. The maximum absolute atomic E-state index is 11.2. The lowest BCUT2D eigenvalue weighted by Gasteiger charge is -2.02. The monoisotopic (exact) mass is 234 g/mol. The molecular formula is C9H5Cl3O. The van der Waals surface area contributed by atoms with Crippen LogP contribution < -0.4 is 0 Å². The fraction of sp³-hybridized carbons (Fsp3) is 0. The van der Waals surface area contributed by atoms with E-state index < -0.39 is 0 Å². The van der Waals surface area contributed by atoms with Crippen LogP contribution in [0.25, 0.3) is 0 Å². The lowest BCUT2D eigenvalue weighted by molar-refractivity contribution is 0.104. The molecular weight excluding hydrogens is 230 g/mol. The third-order valence-corrected chi connectivity index (χ3v) is 2.46. The van der Waals surface area contributed by atoms with Gasteiger partial charge in [0, 0.05) is 10.6 Å². The standard InChI is InChI=1S/C9H5Cl3O/c1-2-8(13)6-3-5(10)4-7(11)9(6)12/h2-4H,1H2. The van der Waals surface area contributed by atoms with Crippen LogP contribution in [-0.2, 0) is 0 Å². The highest BCUT2D eigenvalue weighted by molar-refractivity contribution is 6.45. The Kier molecular flexibility index (Phi) is 3.37. The SMILES string of the molecule is C=CC(=O)c1cc(Cl)cc(Cl)c1Cl. The van der Waals surface area contributed by atoms with Gasteiger partial charge in [0.15, 0.2) is 5.78 Å². The largest absolute Gasteiger partial charge is 0.289 e. The second kappa shape index (κ2) is 4.14. The summed E-state index contributed by atoms with van der Waals surface area (Å²) in [5.41, 5.74) is 0.272. The van der Waals surface area contributed by atoms with E-state index in [-0.39, 0.29) is 21.4 Å². The number of ketones is 1. The fourth-order valence-electron chi connectivity index (χ4n) is 0.845. The number of carbonyl (C=O) groups is 1. The van der Waals surface area contributed by atoms with Crippen LogP contribution in [0.2, 0.25) is 15.1 Å². The molecule has 1 rings (SSSR count). The van der Waals surface area contributed by atoms with E-state index in [0.717, 1.165) is 6.08 Å². The van der Waals surface area contributed by atoms with Crippen LogP contribution in [0, 0.1) is 0 Å². The van der Waals surface area contributed by atoms with Gasteiger partial charge in [0.2, 0.25) is 0 Å². The molecule has 0 aromatic heterocycles. The predicted octanol–water partition coefficient (Wildman–Crippen LogP) is 4.02. The fourth-order valence-corrected chi connectivity index (χ4v) is 1.54. The Morgan fingerprint density at radius 1 is 1.31 bits per heavy atom. The molecule has 0 heterocycles. The van der Waals surface area contributed by atoms with E-state index in [0.29, 0.717) is 5.02 Å². The number of halogens is 3. The second-order valence-corrected chi connectivity index (χ2v) is 3.54. The quantitative estimate of drug-likeness (QED) is 0.430. The Bertz CT molecular complexity index is 371. The molecule has 4 heteroatoms. The first-order chi connectivity index (χ1) is 6.06. The summed E-state index contributed by atoms with van der Waals surface area (Å²) in [4.78, 5) is 11.2. The third kappa shape index (κ3) is 2.25. The van der Waals surface area contributed by atoms with Gasteiger partial charge in [-0.2, -0.15) is 0 Å². The molecule has 1 nitrogen and oxygen atoms in total. The van der Waals surface area contributed by atoms with Gasteiger partial charge in [-0.15, -0.1) is 0 Å². The minimum Gasteiger partial charge on any atom is -0.289 e. The van der Waals surface area contributed by atoms with Crippen molar-refractivity contribution in [3.05, 3.63) is 45.4 Å². The number of benzene rings is 1. The summed E-state index contributed by atoms with van der Waals surface area (Å²) < 4.78 is 0. The zero-order chi connectivity index (χ0) is 10.0. The van der Waals surface area contributed by atoms with Crippen molar-refractivity contribution in [2.45, 2.75) is 0 Å².